The maximum atomic E-state index is 13.4. The molecule has 1 aromatic carbocycles. The second-order valence-electron chi connectivity index (χ2n) is 7.59. The Labute approximate surface area is 144 Å². The summed E-state index contributed by atoms with van der Waals surface area (Å²) < 4.78 is 12.2. The number of carboxylic acids is 1. The van der Waals surface area contributed by atoms with E-state index in [9.17, 15) is 14.7 Å². The Kier molecular flexibility index (Phi) is 2.42. The fraction of sp³-hybridized carbons (Fsp3) is 0.474. The number of hydrogen-bond donors (Lipinski definition) is 1. The molecule has 6 nitrogen and oxygen atoms in total. The first kappa shape index (κ1) is 14.0. The lowest BCUT2D eigenvalue weighted by atomic mass is 9.70. The number of rotatable bonds is 1. The van der Waals surface area contributed by atoms with Gasteiger partial charge < -0.3 is 19.5 Å². The van der Waals surface area contributed by atoms with Gasteiger partial charge in [0.25, 0.3) is 0 Å². The highest BCUT2D eigenvalue weighted by Gasteiger charge is 2.74. The molecule has 0 radical (unpaired) electrons. The Morgan fingerprint density at radius 2 is 2.16 bits per heavy atom. The van der Waals surface area contributed by atoms with Crippen LogP contribution in [0.15, 0.2) is 36.4 Å². The number of benzene rings is 1. The fourth-order valence-corrected chi connectivity index (χ4v) is 5.86. The Hall–Kier alpha value is -2.18. The number of carbonyl (C=O) groups is 2. The summed E-state index contributed by atoms with van der Waals surface area (Å²) in [7, 11) is 0. The number of para-hydroxylation sites is 1. The van der Waals surface area contributed by atoms with Gasteiger partial charge in [0.2, 0.25) is 5.91 Å². The van der Waals surface area contributed by atoms with Gasteiger partial charge in [-0.3, -0.25) is 9.59 Å². The van der Waals surface area contributed by atoms with Gasteiger partial charge in [-0.2, -0.15) is 0 Å². The van der Waals surface area contributed by atoms with E-state index in [0.29, 0.717) is 6.61 Å². The molecule has 0 saturated carbocycles. The highest BCUT2D eigenvalue weighted by atomic mass is 16.5. The average Bonchev–Trinajstić information content (AvgIpc) is 3.35. The number of carboxylic acid groups (broad SMARTS) is 1. The maximum Gasteiger partial charge on any atom is 0.310 e. The van der Waals surface area contributed by atoms with E-state index >= 15 is 0 Å². The molecular formula is C19H17NO5. The van der Waals surface area contributed by atoms with Crippen LogP contribution in [0.25, 0.3) is 0 Å². The van der Waals surface area contributed by atoms with Crippen LogP contribution in [0, 0.1) is 17.8 Å². The summed E-state index contributed by atoms with van der Waals surface area (Å²) in [5, 5.41) is 9.70. The van der Waals surface area contributed by atoms with Crippen molar-refractivity contribution in [2.45, 2.75) is 30.3 Å². The van der Waals surface area contributed by atoms with Crippen molar-refractivity contribution in [3.05, 3.63) is 42.0 Å². The number of hydrogen-bond acceptors (Lipinski definition) is 4. The van der Waals surface area contributed by atoms with Gasteiger partial charge in [-0.25, -0.2) is 0 Å². The second-order valence-corrected chi connectivity index (χ2v) is 7.59. The van der Waals surface area contributed by atoms with Crippen LogP contribution >= 0.6 is 0 Å². The number of ether oxygens (including phenoxy) is 2. The van der Waals surface area contributed by atoms with E-state index in [1.54, 1.807) is 0 Å². The Balaban J connectivity index is 1.59. The molecule has 1 aromatic rings. The molecule has 1 amide bonds. The van der Waals surface area contributed by atoms with Gasteiger partial charge in [-0.05, 0) is 12.5 Å². The zero-order valence-corrected chi connectivity index (χ0v) is 13.4. The molecule has 6 rings (SSSR count). The van der Waals surface area contributed by atoms with E-state index in [1.165, 1.54) is 0 Å². The first-order valence-corrected chi connectivity index (χ1v) is 8.77. The second kappa shape index (κ2) is 4.31. The SMILES string of the molecule is O=C(O)[C@H]1[C@@H]2C=C[C@@]3(O2)[C@@H]2[C@@H]4CCO[C@@H]4c4ccccc4N2C(=O)[C@@H]13. The minimum absolute atomic E-state index is 0.0571. The van der Waals surface area contributed by atoms with Crippen molar-refractivity contribution in [3.8, 4) is 0 Å². The molecule has 7 atom stereocenters. The topological polar surface area (TPSA) is 76.1 Å². The molecule has 2 bridgehead atoms. The monoisotopic (exact) mass is 339 g/mol. The molecule has 0 aliphatic carbocycles. The molecular weight excluding hydrogens is 322 g/mol. The fourth-order valence-electron chi connectivity index (χ4n) is 5.86. The molecule has 5 aliphatic rings. The zero-order chi connectivity index (χ0) is 16.9. The van der Waals surface area contributed by atoms with Gasteiger partial charge in [0.15, 0.2) is 0 Å². The van der Waals surface area contributed by atoms with Gasteiger partial charge in [0.05, 0.1) is 24.2 Å². The first-order chi connectivity index (χ1) is 12.1. The quantitative estimate of drug-likeness (QED) is 0.785. The van der Waals surface area contributed by atoms with Crippen LogP contribution in [0.5, 0.6) is 0 Å². The van der Waals surface area contributed by atoms with Crippen LogP contribution in [0.2, 0.25) is 0 Å². The number of nitrogens with zero attached hydrogens (tertiary/aromatic N) is 1. The molecule has 1 N–H and O–H groups in total. The van der Waals surface area contributed by atoms with Crippen molar-refractivity contribution in [2.24, 2.45) is 17.8 Å². The maximum absolute atomic E-state index is 13.4. The van der Waals surface area contributed by atoms with Crippen LogP contribution < -0.4 is 4.90 Å². The lowest BCUT2D eigenvalue weighted by Gasteiger charge is -2.43. The number of anilines is 1. The third-order valence-electron chi connectivity index (χ3n) is 6.66. The van der Waals surface area contributed by atoms with E-state index < -0.39 is 29.5 Å². The molecule has 3 saturated heterocycles. The van der Waals surface area contributed by atoms with E-state index in [4.69, 9.17) is 9.47 Å². The third-order valence-corrected chi connectivity index (χ3v) is 6.66. The number of aliphatic carboxylic acids is 1. The van der Waals surface area contributed by atoms with E-state index in [2.05, 4.69) is 0 Å². The lowest BCUT2D eigenvalue weighted by molar-refractivity contribution is -0.146. The highest BCUT2D eigenvalue weighted by Crippen LogP contribution is 2.62. The van der Waals surface area contributed by atoms with Crippen molar-refractivity contribution >= 4 is 17.6 Å². The molecule has 3 fully saturated rings. The average molecular weight is 339 g/mol. The summed E-state index contributed by atoms with van der Waals surface area (Å²) in [6.45, 7) is 0.651. The molecule has 128 valence electrons. The predicted octanol–water partition coefficient (Wildman–Crippen LogP) is 1.52. The zero-order valence-electron chi connectivity index (χ0n) is 13.4. The minimum Gasteiger partial charge on any atom is -0.481 e. The number of amides is 1. The molecule has 25 heavy (non-hydrogen) atoms. The number of carbonyl (C=O) groups excluding carboxylic acids is 1. The van der Waals surface area contributed by atoms with E-state index in [-0.39, 0.29) is 24.0 Å². The Morgan fingerprint density at radius 1 is 1.32 bits per heavy atom. The van der Waals surface area contributed by atoms with Gasteiger partial charge in [0.1, 0.15) is 11.5 Å². The third kappa shape index (κ3) is 1.42. The lowest BCUT2D eigenvalue weighted by Crippen LogP contribution is -2.53. The summed E-state index contributed by atoms with van der Waals surface area (Å²) >= 11 is 0. The highest BCUT2D eigenvalue weighted by molar-refractivity contribution is 6.04. The first-order valence-electron chi connectivity index (χ1n) is 8.77. The van der Waals surface area contributed by atoms with Gasteiger partial charge in [0, 0.05) is 23.8 Å². The Morgan fingerprint density at radius 3 is 3.00 bits per heavy atom. The van der Waals surface area contributed by atoms with Gasteiger partial charge in [-0.15, -0.1) is 0 Å². The van der Waals surface area contributed by atoms with Crippen molar-refractivity contribution in [1.29, 1.82) is 0 Å². The van der Waals surface area contributed by atoms with Crippen LogP contribution in [0.1, 0.15) is 18.1 Å². The molecule has 6 heteroatoms. The van der Waals surface area contributed by atoms with E-state index in [1.807, 2.05) is 41.3 Å². The van der Waals surface area contributed by atoms with Gasteiger partial charge >= 0.3 is 5.97 Å². The predicted molar refractivity (Wildman–Crippen MR) is 85.9 cm³/mol. The van der Waals surface area contributed by atoms with E-state index in [0.717, 1.165) is 17.7 Å². The molecule has 0 aromatic heterocycles. The van der Waals surface area contributed by atoms with Gasteiger partial charge in [-0.1, -0.05) is 30.4 Å². The summed E-state index contributed by atoms with van der Waals surface area (Å²) in [5.74, 6) is -2.42. The molecule has 5 aliphatic heterocycles. The minimum atomic E-state index is -0.957. The van der Waals surface area contributed by atoms with Crippen LogP contribution in [0.4, 0.5) is 5.69 Å². The van der Waals surface area contributed by atoms with Crippen LogP contribution in [-0.4, -0.2) is 41.3 Å². The van der Waals surface area contributed by atoms with Crippen molar-refractivity contribution in [3.63, 3.8) is 0 Å². The smallest absolute Gasteiger partial charge is 0.310 e. The summed E-state index contributed by atoms with van der Waals surface area (Å²) in [4.78, 5) is 27.0. The van der Waals surface area contributed by atoms with Crippen molar-refractivity contribution in [2.75, 3.05) is 11.5 Å². The number of fused-ring (bicyclic) bond motifs is 7. The standard InChI is InChI=1S/C19H17NO5/c21-17-14-13(18(22)23)12-5-7-19(14,25-12)16-10-6-8-24-15(10)9-3-1-2-4-11(9)20(16)17/h1-5,7,10,12-16H,6,8H2,(H,22,23)/t10-,12+,13+,14-,15-,16+,19+/m1/s1. The molecule has 5 heterocycles. The van der Waals surface area contributed by atoms with Crippen LogP contribution in [0.3, 0.4) is 0 Å². The van der Waals surface area contributed by atoms with Crippen molar-refractivity contribution < 1.29 is 24.2 Å². The summed E-state index contributed by atoms with van der Waals surface area (Å²) in [5.41, 5.74) is 1.03. The molecule has 1 spiro atoms. The summed E-state index contributed by atoms with van der Waals surface area (Å²) in [6, 6.07) is 7.61. The molecule has 0 unspecified atom stereocenters. The van der Waals surface area contributed by atoms with Crippen molar-refractivity contribution in [1.82, 2.24) is 0 Å². The van der Waals surface area contributed by atoms with Crippen LogP contribution in [-0.2, 0) is 19.1 Å². The Bertz CT molecular complexity index is 850. The normalized spacial score (nSPS) is 45.3. The summed E-state index contributed by atoms with van der Waals surface area (Å²) in [6.07, 6.45) is 4.07. The largest absolute Gasteiger partial charge is 0.481 e.